The molecule has 1 aromatic carbocycles. The second kappa shape index (κ2) is 8.72. The van der Waals surface area contributed by atoms with Gasteiger partial charge in [0.25, 0.3) is 5.56 Å². The average Bonchev–Trinajstić information content (AvgIpc) is 3.15. The molecule has 6 heteroatoms. The predicted molar refractivity (Wildman–Crippen MR) is 121 cm³/mol. The van der Waals surface area contributed by atoms with Crippen LogP contribution >= 0.6 is 11.3 Å². The predicted octanol–water partition coefficient (Wildman–Crippen LogP) is 5.37. The molecule has 1 aliphatic carbocycles. The first-order valence-electron chi connectivity index (χ1n) is 10.7. The Morgan fingerprint density at radius 1 is 1.27 bits per heavy atom. The molecule has 1 aliphatic rings. The molecule has 1 saturated carbocycles. The minimum Gasteiger partial charge on any atom is -0.461 e. The summed E-state index contributed by atoms with van der Waals surface area (Å²) < 4.78 is 7.01. The van der Waals surface area contributed by atoms with Gasteiger partial charge < -0.3 is 4.74 Å². The van der Waals surface area contributed by atoms with Crippen molar-refractivity contribution < 1.29 is 9.53 Å². The summed E-state index contributed by atoms with van der Waals surface area (Å²) in [7, 11) is 0. The summed E-state index contributed by atoms with van der Waals surface area (Å²) in [6.45, 7) is 6.40. The molecule has 4 rings (SSSR count). The Hall–Kier alpha value is -2.47. The molecule has 2 aromatic heterocycles. The highest BCUT2D eigenvalue weighted by molar-refractivity contribution is 7.17. The number of thiophene rings is 1. The molecule has 0 amide bonds. The number of fused-ring (bicyclic) bond motifs is 1. The molecule has 0 N–H and O–H groups in total. The molecule has 0 saturated heterocycles. The molecule has 3 aromatic rings. The molecule has 2 atom stereocenters. The molecule has 30 heavy (non-hydrogen) atoms. The third-order valence-electron chi connectivity index (χ3n) is 5.93. The lowest BCUT2D eigenvalue weighted by atomic mass is 9.89. The fraction of sp³-hybridized carbons (Fsp3) is 0.458. The standard InChI is InChI=1S/C24H28N2O3S/c1-15(2)17-7-9-18(10-8-17)20-13-30-23-22(20)24(28)26(14-25-23)12-21(27)29-19-6-4-5-16(3)11-19/h7-10,13-16,19H,4-6,11-12H2,1-3H3/t16-,19-/m1/s1. The SMILES string of the molecule is CC(C)c1ccc(-c2csc3ncn(CC(=O)O[C@@H]4CCC[C@@H](C)C4)c(=O)c23)cc1. The lowest BCUT2D eigenvalue weighted by molar-refractivity contribution is -0.152. The normalized spacial score (nSPS) is 19.3. The number of aromatic nitrogens is 2. The quantitative estimate of drug-likeness (QED) is 0.517. The van der Waals surface area contributed by atoms with E-state index in [9.17, 15) is 9.59 Å². The maximum Gasteiger partial charge on any atom is 0.326 e. The third-order valence-corrected chi connectivity index (χ3v) is 6.82. The van der Waals surface area contributed by atoms with Crippen LogP contribution in [-0.2, 0) is 16.1 Å². The van der Waals surface area contributed by atoms with Crippen molar-refractivity contribution in [2.75, 3.05) is 0 Å². The lowest BCUT2D eigenvalue weighted by Crippen LogP contribution is -2.30. The Morgan fingerprint density at radius 2 is 2.03 bits per heavy atom. The largest absolute Gasteiger partial charge is 0.461 e. The highest BCUT2D eigenvalue weighted by atomic mass is 32.1. The highest BCUT2D eigenvalue weighted by Gasteiger charge is 2.23. The summed E-state index contributed by atoms with van der Waals surface area (Å²) in [4.78, 5) is 30.7. The number of hydrogen-bond acceptors (Lipinski definition) is 5. The second-order valence-corrected chi connectivity index (χ2v) is 9.53. The number of carbonyl (C=O) groups excluding carboxylic acids is 1. The van der Waals surface area contributed by atoms with E-state index >= 15 is 0 Å². The molecule has 158 valence electrons. The van der Waals surface area contributed by atoms with Crippen molar-refractivity contribution >= 4 is 27.5 Å². The molecule has 5 nitrogen and oxygen atoms in total. The van der Waals surface area contributed by atoms with E-state index in [1.165, 1.54) is 34.2 Å². The Morgan fingerprint density at radius 3 is 2.73 bits per heavy atom. The third kappa shape index (κ3) is 4.33. The number of carbonyl (C=O) groups is 1. The fourth-order valence-electron chi connectivity index (χ4n) is 4.19. The van der Waals surface area contributed by atoms with Gasteiger partial charge in [-0.2, -0.15) is 0 Å². The van der Waals surface area contributed by atoms with Crippen LogP contribution in [0.4, 0.5) is 0 Å². The second-order valence-electron chi connectivity index (χ2n) is 8.67. The van der Waals surface area contributed by atoms with Gasteiger partial charge in [0.2, 0.25) is 0 Å². The van der Waals surface area contributed by atoms with Crippen LogP contribution in [0.1, 0.15) is 57.9 Å². The number of rotatable bonds is 5. The van der Waals surface area contributed by atoms with Gasteiger partial charge in [0.05, 0.1) is 11.7 Å². The number of ether oxygens (including phenoxy) is 1. The zero-order valence-electron chi connectivity index (χ0n) is 17.8. The molecule has 2 heterocycles. The van der Waals surface area contributed by atoms with Gasteiger partial charge in [-0.05, 0) is 42.2 Å². The minimum atomic E-state index is -0.365. The van der Waals surface area contributed by atoms with Crippen molar-refractivity contribution in [3.63, 3.8) is 0 Å². The molecule has 0 radical (unpaired) electrons. The van der Waals surface area contributed by atoms with Crippen LogP contribution in [0.5, 0.6) is 0 Å². The summed E-state index contributed by atoms with van der Waals surface area (Å²) in [5.74, 6) is 0.665. The Bertz CT molecular complexity index is 1100. The van der Waals surface area contributed by atoms with E-state index in [0.29, 0.717) is 22.1 Å². The number of hydrogen-bond donors (Lipinski definition) is 0. The number of benzene rings is 1. The average molecular weight is 425 g/mol. The Labute approximate surface area is 180 Å². The molecule has 0 spiro atoms. The van der Waals surface area contributed by atoms with E-state index in [0.717, 1.165) is 30.4 Å². The van der Waals surface area contributed by atoms with Crippen molar-refractivity contribution in [1.29, 1.82) is 0 Å². The first kappa shape index (κ1) is 20.8. The van der Waals surface area contributed by atoms with Crippen molar-refractivity contribution in [3.8, 4) is 11.1 Å². The maximum absolute atomic E-state index is 13.2. The summed E-state index contributed by atoms with van der Waals surface area (Å²) >= 11 is 1.45. The zero-order chi connectivity index (χ0) is 21.3. The van der Waals surface area contributed by atoms with Crippen molar-refractivity contribution in [2.45, 2.75) is 65.0 Å². The van der Waals surface area contributed by atoms with Gasteiger partial charge in [-0.25, -0.2) is 4.98 Å². The van der Waals surface area contributed by atoms with Gasteiger partial charge in [-0.1, -0.05) is 51.5 Å². The summed E-state index contributed by atoms with van der Waals surface area (Å²) in [5, 5.41) is 2.54. The zero-order valence-corrected chi connectivity index (χ0v) is 18.6. The van der Waals surface area contributed by atoms with E-state index in [1.807, 2.05) is 17.5 Å². The fourth-order valence-corrected chi connectivity index (χ4v) is 5.09. The van der Waals surface area contributed by atoms with Gasteiger partial charge in [0.1, 0.15) is 17.5 Å². The van der Waals surface area contributed by atoms with E-state index in [-0.39, 0.29) is 24.2 Å². The Balaban J connectivity index is 1.58. The van der Waals surface area contributed by atoms with E-state index in [4.69, 9.17) is 4.74 Å². The van der Waals surface area contributed by atoms with E-state index in [1.54, 1.807) is 0 Å². The highest BCUT2D eigenvalue weighted by Crippen LogP contribution is 2.31. The van der Waals surface area contributed by atoms with E-state index in [2.05, 4.69) is 37.9 Å². The minimum absolute atomic E-state index is 0.0372. The van der Waals surface area contributed by atoms with Crippen molar-refractivity contribution in [3.05, 3.63) is 51.9 Å². The molecule has 0 aliphatic heterocycles. The smallest absolute Gasteiger partial charge is 0.326 e. The van der Waals surface area contributed by atoms with Gasteiger partial charge in [-0.15, -0.1) is 11.3 Å². The van der Waals surface area contributed by atoms with Crippen LogP contribution in [0.2, 0.25) is 0 Å². The summed E-state index contributed by atoms with van der Waals surface area (Å²) in [6.07, 6.45) is 5.50. The van der Waals surface area contributed by atoms with Crippen LogP contribution in [0.25, 0.3) is 21.3 Å². The van der Waals surface area contributed by atoms with Crippen LogP contribution in [0, 0.1) is 5.92 Å². The number of nitrogens with zero attached hydrogens (tertiary/aromatic N) is 2. The maximum atomic E-state index is 13.2. The first-order chi connectivity index (χ1) is 14.4. The van der Waals surface area contributed by atoms with Crippen LogP contribution < -0.4 is 5.56 Å². The van der Waals surface area contributed by atoms with Gasteiger partial charge >= 0.3 is 5.97 Å². The summed E-state index contributed by atoms with van der Waals surface area (Å²) in [5.41, 5.74) is 2.92. The van der Waals surface area contributed by atoms with Crippen LogP contribution in [0.15, 0.2) is 40.8 Å². The molecular formula is C24H28N2O3S. The lowest BCUT2D eigenvalue weighted by Gasteiger charge is -2.26. The first-order valence-corrected chi connectivity index (χ1v) is 11.6. The molecule has 0 unspecified atom stereocenters. The molecular weight excluding hydrogens is 396 g/mol. The van der Waals surface area contributed by atoms with Gasteiger partial charge in [0.15, 0.2) is 0 Å². The number of esters is 1. The van der Waals surface area contributed by atoms with Crippen molar-refractivity contribution in [2.24, 2.45) is 5.92 Å². The van der Waals surface area contributed by atoms with E-state index < -0.39 is 0 Å². The topological polar surface area (TPSA) is 61.2 Å². The van der Waals surface area contributed by atoms with Crippen LogP contribution in [0.3, 0.4) is 0 Å². The molecule has 1 fully saturated rings. The Kier molecular flexibility index (Phi) is 6.04. The summed E-state index contributed by atoms with van der Waals surface area (Å²) in [6, 6.07) is 8.29. The van der Waals surface area contributed by atoms with Gasteiger partial charge in [0, 0.05) is 10.9 Å². The van der Waals surface area contributed by atoms with Crippen LogP contribution in [-0.4, -0.2) is 21.6 Å². The van der Waals surface area contributed by atoms with Crippen molar-refractivity contribution in [1.82, 2.24) is 9.55 Å². The van der Waals surface area contributed by atoms with Gasteiger partial charge in [-0.3, -0.25) is 14.2 Å². The monoisotopic (exact) mass is 424 g/mol. The molecule has 0 bridgehead atoms.